The molecule has 0 heterocycles. The number of nitrogens with zero attached hydrogens (tertiary/aromatic N) is 2. The molecule has 0 aliphatic rings. The SMILES string of the molecule is Cc1cc(N(c2ccc(C(C)(C)C)cc2)c2ccc(C(C)(C)C)cc2)c(Cl)c(N(c2cccc(-c3ccccc3)c2)c2cccc(-c3ccccc3)c2)c1. The molecule has 0 unspecified atom stereocenters. The quantitative estimate of drug-likeness (QED) is 0.154. The van der Waals surface area contributed by atoms with E-state index in [1.807, 2.05) is 0 Å². The smallest absolute Gasteiger partial charge is 0.0887 e. The van der Waals surface area contributed by atoms with Crippen molar-refractivity contribution in [3.8, 4) is 22.3 Å². The molecule has 3 heteroatoms. The summed E-state index contributed by atoms with van der Waals surface area (Å²) in [4.78, 5) is 4.61. The zero-order valence-corrected chi connectivity index (χ0v) is 33.2. The van der Waals surface area contributed by atoms with Gasteiger partial charge in [0.05, 0.1) is 16.4 Å². The number of anilines is 6. The summed E-state index contributed by atoms with van der Waals surface area (Å²) < 4.78 is 0. The summed E-state index contributed by atoms with van der Waals surface area (Å²) >= 11 is 7.81. The van der Waals surface area contributed by atoms with Gasteiger partial charge in [-0.05, 0) is 117 Å². The third-order valence-corrected chi connectivity index (χ3v) is 10.5. The molecule has 0 aliphatic heterocycles. The van der Waals surface area contributed by atoms with Crippen molar-refractivity contribution in [2.45, 2.75) is 59.3 Å². The number of halogens is 1. The van der Waals surface area contributed by atoms with E-state index in [4.69, 9.17) is 11.6 Å². The van der Waals surface area contributed by atoms with Crippen LogP contribution < -0.4 is 9.80 Å². The van der Waals surface area contributed by atoms with E-state index in [0.29, 0.717) is 5.02 Å². The van der Waals surface area contributed by atoms with E-state index in [9.17, 15) is 0 Å². The van der Waals surface area contributed by atoms with Gasteiger partial charge >= 0.3 is 0 Å². The van der Waals surface area contributed by atoms with E-state index in [1.165, 1.54) is 11.1 Å². The summed E-state index contributed by atoms with van der Waals surface area (Å²) in [7, 11) is 0. The van der Waals surface area contributed by atoms with Gasteiger partial charge in [-0.3, -0.25) is 0 Å². The van der Waals surface area contributed by atoms with Crippen molar-refractivity contribution in [1.29, 1.82) is 0 Å². The van der Waals surface area contributed by atoms with Crippen molar-refractivity contribution in [1.82, 2.24) is 0 Å². The van der Waals surface area contributed by atoms with E-state index in [1.54, 1.807) is 0 Å². The Bertz CT molecular complexity index is 2210. The number of rotatable bonds is 8. The number of hydrogen-bond donors (Lipinski definition) is 0. The van der Waals surface area contributed by atoms with Crippen LogP contribution in [0.15, 0.2) is 170 Å². The van der Waals surface area contributed by atoms with Crippen molar-refractivity contribution in [3.05, 3.63) is 192 Å². The molecule has 0 bridgehead atoms. The highest BCUT2D eigenvalue weighted by molar-refractivity contribution is 6.36. The minimum absolute atomic E-state index is 0.0366. The summed E-state index contributed by atoms with van der Waals surface area (Å²) in [5.41, 5.74) is 14.3. The zero-order valence-electron chi connectivity index (χ0n) is 32.4. The molecule has 0 spiro atoms. The molecule has 0 saturated heterocycles. The molecular formula is C51H49ClN2. The standard InChI is InChI=1S/C51H49ClN2/c1-36-32-47(53(43-28-24-41(25-29-43)50(2,3)4)44-30-26-42(27-31-44)51(5,6)7)49(52)48(33-36)54(45-22-14-20-39(34-45)37-16-10-8-11-17-37)46-23-15-21-40(35-46)38-18-12-9-13-19-38/h8-35H,1-7H3. The van der Waals surface area contributed by atoms with Crippen molar-refractivity contribution in [2.24, 2.45) is 0 Å². The Morgan fingerprint density at radius 2 is 0.722 bits per heavy atom. The van der Waals surface area contributed by atoms with Crippen LogP contribution in [0.25, 0.3) is 22.3 Å². The maximum absolute atomic E-state index is 7.81. The van der Waals surface area contributed by atoms with E-state index in [0.717, 1.165) is 61.9 Å². The van der Waals surface area contributed by atoms with Crippen LogP contribution in [0.4, 0.5) is 34.1 Å². The van der Waals surface area contributed by atoms with Crippen LogP contribution in [0.5, 0.6) is 0 Å². The second-order valence-electron chi connectivity index (χ2n) is 16.2. The molecular weight excluding hydrogens is 676 g/mol. The Morgan fingerprint density at radius 3 is 1.09 bits per heavy atom. The molecule has 270 valence electrons. The predicted octanol–water partition coefficient (Wildman–Crippen LogP) is 15.5. The second-order valence-corrected chi connectivity index (χ2v) is 16.6. The minimum Gasteiger partial charge on any atom is -0.309 e. The van der Waals surface area contributed by atoms with Gasteiger partial charge in [0.15, 0.2) is 0 Å². The van der Waals surface area contributed by atoms with E-state index in [2.05, 4.69) is 228 Å². The minimum atomic E-state index is 0.0366. The first-order valence-electron chi connectivity index (χ1n) is 18.8. The fourth-order valence-electron chi connectivity index (χ4n) is 7.04. The highest BCUT2D eigenvalue weighted by Gasteiger charge is 2.25. The van der Waals surface area contributed by atoms with Crippen molar-refractivity contribution in [3.63, 3.8) is 0 Å². The molecule has 7 rings (SSSR count). The van der Waals surface area contributed by atoms with E-state index >= 15 is 0 Å². The lowest BCUT2D eigenvalue weighted by Gasteiger charge is -2.32. The van der Waals surface area contributed by atoms with Gasteiger partial charge in [0.1, 0.15) is 0 Å². The molecule has 0 atom stereocenters. The first kappa shape index (κ1) is 36.8. The van der Waals surface area contributed by atoms with Crippen molar-refractivity contribution < 1.29 is 0 Å². The Kier molecular flexibility index (Phi) is 10.2. The summed E-state index contributed by atoms with van der Waals surface area (Å²) in [6.45, 7) is 15.7. The summed E-state index contributed by atoms with van der Waals surface area (Å²) in [5.74, 6) is 0. The maximum Gasteiger partial charge on any atom is 0.0887 e. The molecule has 7 aromatic carbocycles. The normalized spacial score (nSPS) is 11.7. The summed E-state index contributed by atoms with van der Waals surface area (Å²) in [5, 5.41) is 0.663. The molecule has 0 aliphatic carbocycles. The predicted molar refractivity (Wildman–Crippen MR) is 234 cm³/mol. The van der Waals surface area contributed by atoms with Gasteiger partial charge in [-0.15, -0.1) is 0 Å². The topological polar surface area (TPSA) is 6.48 Å². The zero-order chi connectivity index (χ0) is 38.0. The van der Waals surface area contributed by atoms with Crippen LogP contribution in [0.3, 0.4) is 0 Å². The summed E-state index contributed by atoms with van der Waals surface area (Å²) in [6, 6.07) is 60.9. The van der Waals surface area contributed by atoms with Crippen LogP contribution in [-0.4, -0.2) is 0 Å². The first-order chi connectivity index (χ1) is 25.9. The molecule has 0 radical (unpaired) electrons. The highest BCUT2D eigenvalue weighted by Crippen LogP contribution is 2.48. The third-order valence-electron chi connectivity index (χ3n) is 10.1. The Morgan fingerprint density at radius 1 is 0.370 bits per heavy atom. The average molecular weight is 725 g/mol. The third kappa shape index (κ3) is 7.86. The van der Waals surface area contributed by atoms with Crippen LogP contribution in [-0.2, 0) is 10.8 Å². The van der Waals surface area contributed by atoms with Crippen LogP contribution in [0.2, 0.25) is 5.02 Å². The Labute approximate surface area is 327 Å². The number of benzene rings is 7. The molecule has 2 nitrogen and oxygen atoms in total. The van der Waals surface area contributed by atoms with Crippen LogP contribution >= 0.6 is 11.6 Å². The van der Waals surface area contributed by atoms with Gasteiger partial charge in [-0.25, -0.2) is 0 Å². The second kappa shape index (κ2) is 15.0. The molecule has 54 heavy (non-hydrogen) atoms. The highest BCUT2D eigenvalue weighted by atomic mass is 35.5. The maximum atomic E-state index is 7.81. The molecule has 7 aromatic rings. The summed E-state index contributed by atoms with van der Waals surface area (Å²) in [6.07, 6.45) is 0. The molecule has 0 amide bonds. The van der Waals surface area contributed by atoms with E-state index < -0.39 is 0 Å². The van der Waals surface area contributed by atoms with Gasteiger partial charge in [0.2, 0.25) is 0 Å². The Hall–Kier alpha value is -5.57. The fourth-order valence-corrected chi connectivity index (χ4v) is 7.32. The van der Waals surface area contributed by atoms with Crippen molar-refractivity contribution in [2.75, 3.05) is 9.80 Å². The first-order valence-corrected chi connectivity index (χ1v) is 19.2. The lowest BCUT2D eigenvalue weighted by atomic mass is 9.86. The number of aryl methyl sites for hydroxylation is 1. The van der Waals surface area contributed by atoms with E-state index in [-0.39, 0.29) is 10.8 Å². The molecule has 0 N–H and O–H groups in total. The van der Waals surface area contributed by atoms with Gasteiger partial charge in [-0.1, -0.05) is 162 Å². The fraction of sp³-hybridized carbons (Fsp3) is 0.176. The van der Waals surface area contributed by atoms with Gasteiger partial charge < -0.3 is 9.80 Å². The van der Waals surface area contributed by atoms with Crippen molar-refractivity contribution >= 4 is 45.7 Å². The largest absolute Gasteiger partial charge is 0.309 e. The monoisotopic (exact) mass is 724 g/mol. The average Bonchev–Trinajstić information content (AvgIpc) is 3.17. The Balaban J connectivity index is 1.45. The van der Waals surface area contributed by atoms with Gasteiger partial charge in [0.25, 0.3) is 0 Å². The lowest BCUT2D eigenvalue weighted by molar-refractivity contribution is 0.590. The molecule has 0 saturated carbocycles. The lowest BCUT2D eigenvalue weighted by Crippen LogP contribution is -2.16. The van der Waals surface area contributed by atoms with Crippen LogP contribution in [0.1, 0.15) is 58.2 Å². The van der Waals surface area contributed by atoms with Gasteiger partial charge in [0, 0.05) is 22.7 Å². The molecule has 0 aromatic heterocycles. The van der Waals surface area contributed by atoms with Crippen LogP contribution in [0, 0.1) is 6.92 Å². The number of hydrogen-bond acceptors (Lipinski definition) is 2. The molecule has 0 fully saturated rings. The van der Waals surface area contributed by atoms with Gasteiger partial charge in [-0.2, -0.15) is 0 Å².